The Bertz CT molecular complexity index is 936. The number of amides is 1. The largest absolute Gasteiger partial charge is 0.497 e. The smallest absolute Gasteiger partial charge is 0.251 e. The Morgan fingerprint density at radius 3 is 2.43 bits per heavy atom. The molecule has 0 radical (unpaired) electrons. The standard InChI is InChI=1S/C22H28N2O5S/c1-3-24(30(26,27)21-12-10-19(28-2)11-13-21)16-17-6-8-18(9-7-17)22(25)23-15-20-5-4-14-29-20/h6-13,20H,3-5,14-16H2,1-2H3,(H,23,25)/t20-/m0/s1. The summed E-state index contributed by atoms with van der Waals surface area (Å²) in [4.78, 5) is 12.5. The van der Waals surface area contributed by atoms with E-state index in [-0.39, 0.29) is 23.5 Å². The molecule has 1 atom stereocenters. The molecule has 0 aromatic heterocycles. The summed E-state index contributed by atoms with van der Waals surface area (Å²) in [7, 11) is -2.10. The molecule has 0 unspecified atom stereocenters. The predicted octanol–water partition coefficient (Wildman–Crippen LogP) is 2.81. The summed E-state index contributed by atoms with van der Waals surface area (Å²) in [6.45, 7) is 3.61. The van der Waals surface area contributed by atoms with Crippen molar-refractivity contribution in [1.82, 2.24) is 9.62 Å². The van der Waals surface area contributed by atoms with Gasteiger partial charge < -0.3 is 14.8 Å². The molecule has 8 heteroatoms. The molecule has 0 aliphatic carbocycles. The van der Waals surface area contributed by atoms with Crippen molar-refractivity contribution in [2.75, 3.05) is 26.8 Å². The quantitative estimate of drug-likeness (QED) is 0.659. The zero-order valence-corrected chi connectivity index (χ0v) is 18.2. The molecule has 1 fully saturated rings. The highest BCUT2D eigenvalue weighted by molar-refractivity contribution is 7.89. The summed E-state index contributed by atoms with van der Waals surface area (Å²) >= 11 is 0. The maximum Gasteiger partial charge on any atom is 0.251 e. The van der Waals surface area contributed by atoms with Crippen LogP contribution in [0.1, 0.15) is 35.7 Å². The van der Waals surface area contributed by atoms with Crippen molar-refractivity contribution in [1.29, 1.82) is 0 Å². The van der Waals surface area contributed by atoms with Crippen molar-refractivity contribution in [3.05, 3.63) is 59.7 Å². The summed E-state index contributed by atoms with van der Waals surface area (Å²) in [6.07, 6.45) is 2.09. The first kappa shape index (κ1) is 22.3. The summed E-state index contributed by atoms with van der Waals surface area (Å²) < 4.78 is 37.9. The van der Waals surface area contributed by atoms with Gasteiger partial charge in [-0.2, -0.15) is 4.31 Å². The number of nitrogens with one attached hydrogen (secondary N) is 1. The normalized spacial score (nSPS) is 16.6. The minimum atomic E-state index is -3.63. The Hall–Kier alpha value is -2.42. The molecule has 0 bridgehead atoms. The zero-order chi connectivity index (χ0) is 21.6. The average Bonchev–Trinajstić information content (AvgIpc) is 3.30. The fourth-order valence-electron chi connectivity index (χ4n) is 3.34. The summed E-state index contributed by atoms with van der Waals surface area (Å²) in [5.41, 5.74) is 1.35. The van der Waals surface area contributed by atoms with E-state index in [0.29, 0.717) is 24.4 Å². The predicted molar refractivity (Wildman–Crippen MR) is 114 cm³/mol. The van der Waals surface area contributed by atoms with Crippen LogP contribution in [0.4, 0.5) is 0 Å². The molecule has 1 aliphatic heterocycles. The van der Waals surface area contributed by atoms with Crippen molar-refractivity contribution in [3.8, 4) is 5.75 Å². The van der Waals surface area contributed by atoms with E-state index in [1.165, 1.54) is 11.4 Å². The summed E-state index contributed by atoms with van der Waals surface area (Å²) in [5.74, 6) is 0.445. The van der Waals surface area contributed by atoms with Gasteiger partial charge in [-0.3, -0.25) is 4.79 Å². The minimum Gasteiger partial charge on any atom is -0.497 e. The number of benzene rings is 2. The molecule has 1 heterocycles. The minimum absolute atomic E-state index is 0.0921. The summed E-state index contributed by atoms with van der Waals surface area (Å²) in [5, 5.41) is 2.89. The van der Waals surface area contributed by atoms with Crippen molar-refractivity contribution in [2.24, 2.45) is 0 Å². The first-order chi connectivity index (χ1) is 14.4. The van der Waals surface area contributed by atoms with Gasteiger partial charge in [0.15, 0.2) is 0 Å². The van der Waals surface area contributed by atoms with Crippen LogP contribution in [0.25, 0.3) is 0 Å². The molecular formula is C22H28N2O5S. The van der Waals surface area contributed by atoms with E-state index < -0.39 is 10.0 Å². The van der Waals surface area contributed by atoms with Gasteiger partial charge in [0, 0.05) is 31.8 Å². The highest BCUT2D eigenvalue weighted by atomic mass is 32.2. The number of carbonyl (C=O) groups excluding carboxylic acids is 1. The van der Waals surface area contributed by atoms with Gasteiger partial charge in [-0.15, -0.1) is 0 Å². The highest BCUT2D eigenvalue weighted by Gasteiger charge is 2.23. The number of ether oxygens (including phenoxy) is 2. The van der Waals surface area contributed by atoms with Gasteiger partial charge in [0.1, 0.15) is 5.75 Å². The molecule has 0 spiro atoms. The second-order valence-corrected chi connectivity index (χ2v) is 9.09. The van der Waals surface area contributed by atoms with Gasteiger partial charge in [0.25, 0.3) is 5.91 Å². The van der Waals surface area contributed by atoms with Gasteiger partial charge in [-0.25, -0.2) is 8.42 Å². The topological polar surface area (TPSA) is 84.9 Å². The molecule has 0 saturated carbocycles. The first-order valence-electron chi connectivity index (χ1n) is 10.1. The molecule has 7 nitrogen and oxygen atoms in total. The van der Waals surface area contributed by atoms with E-state index in [0.717, 1.165) is 25.0 Å². The first-order valence-corrected chi connectivity index (χ1v) is 11.5. The molecule has 1 aliphatic rings. The van der Waals surface area contributed by atoms with Crippen LogP contribution in [-0.4, -0.2) is 51.5 Å². The van der Waals surface area contributed by atoms with Crippen molar-refractivity contribution in [2.45, 2.75) is 37.3 Å². The molecule has 1 N–H and O–H groups in total. The van der Waals surface area contributed by atoms with Crippen LogP contribution < -0.4 is 10.1 Å². The maximum absolute atomic E-state index is 13.0. The van der Waals surface area contributed by atoms with Crippen LogP contribution in [0.15, 0.2) is 53.4 Å². The zero-order valence-electron chi connectivity index (χ0n) is 17.3. The van der Waals surface area contributed by atoms with Crippen LogP contribution in [0.5, 0.6) is 5.75 Å². The summed E-state index contributed by atoms with van der Waals surface area (Å²) in [6, 6.07) is 13.3. The fourth-order valence-corrected chi connectivity index (χ4v) is 4.78. The van der Waals surface area contributed by atoms with Crippen LogP contribution >= 0.6 is 0 Å². The third kappa shape index (κ3) is 5.38. The van der Waals surface area contributed by atoms with Crippen LogP contribution in [-0.2, 0) is 21.3 Å². The number of sulfonamides is 1. The molecule has 3 rings (SSSR count). The number of nitrogens with zero attached hydrogens (tertiary/aromatic N) is 1. The van der Waals surface area contributed by atoms with Crippen molar-refractivity contribution < 1.29 is 22.7 Å². The van der Waals surface area contributed by atoms with E-state index in [2.05, 4.69) is 5.32 Å². The molecule has 2 aromatic rings. The van der Waals surface area contributed by atoms with E-state index in [1.807, 2.05) is 0 Å². The van der Waals surface area contributed by atoms with Gasteiger partial charge in [0.2, 0.25) is 10.0 Å². The second kappa shape index (κ2) is 10.1. The lowest BCUT2D eigenvalue weighted by Gasteiger charge is -2.21. The number of methoxy groups -OCH3 is 1. The average molecular weight is 433 g/mol. The van der Waals surface area contributed by atoms with E-state index in [1.54, 1.807) is 55.5 Å². The molecule has 30 heavy (non-hydrogen) atoms. The molecule has 2 aromatic carbocycles. The number of carbonyl (C=O) groups is 1. The number of hydrogen-bond donors (Lipinski definition) is 1. The molecule has 162 valence electrons. The number of rotatable bonds is 9. The monoisotopic (exact) mass is 432 g/mol. The Balaban J connectivity index is 1.64. The third-order valence-electron chi connectivity index (χ3n) is 5.14. The van der Waals surface area contributed by atoms with Gasteiger partial charge in [-0.1, -0.05) is 19.1 Å². The Labute approximate surface area is 178 Å². The van der Waals surface area contributed by atoms with E-state index in [4.69, 9.17) is 9.47 Å². The Morgan fingerprint density at radius 1 is 1.17 bits per heavy atom. The van der Waals surface area contributed by atoms with Gasteiger partial charge >= 0.3 is 0 Å². The second-order valence-electron chi connectivity index (χ2n) is 7.15. The molecule has 1 saturated heterocycles. The molecule has 1 amide bonds. The number of hydrogen-bond acceptors (Lipinski definition) is 5. The van der Waals surface area contributed by atoms with Crippen molar-refractivity contribution in [3.63, 3.8) is 0 Å². The van der Waals surface area contributed by atoms with Crippen molar-refractivity contribution >= 4 is 15.9 Å². The van der Waals surface area contributed by atoms with Crippen LogP contribution in [0.3, 0.4) is 0 Å². The Morgan fingerprint density at radius 2 is 1.87 bits per heavy atom. The van der Waals surface area contributed by atoms with E-state index in [9.17, 15) is 13.2 Å². The fraction of sp³-hybridized carbons (Fsp3) is 0.409. The lowest BCUT2D eigenvalue weighted by atomic mass is 10.1. The SMILES string of the molecule is CCN(Cc1ccc(C(=O)NC[C@@H]2CCCO2)cc1)S(=O)(=O)c1ccc(OC)cc1. The molecular weight excluding hydrogens is 404 g/mol. The van der Waals surface area contributed by atoms with Crippen LogP contribution in [0, 0.1) is 0 Å². The van der Waals surface area contributed by atoms with Gasteiger partial charge in [-0.05, 0) is 54.8 Å². The van der Waals surface area contributed by atoms with Crippen LogP contribution in [0.2, 0.25) is 0 Å². The van der Waals surface area contributed by atoms with E-state index >= 15 is 0 Å². The lowest BCUT2D eigenvalue weighted by Crippen LogP contribution is -2.32. The third-order valence-corrected chi connectivity index (χ3v) is 7.07. The Kier molecular flexibility index (Phi) is 7.47. The maximum atomic E-state index is 13.0. The highest BCUT2D eigenvalue weighted by Crippen LogP contribution is 2.21. The van der Waals surface area contributed by atoms with Gasteiger partial charge in [0.05, 0.1) is 18.1 Å². The lowest BCUT2D eigenvalue weighted by molar-refractivity contribution is 0.0857.